The number of pyridine rings is 1. The molecule has 0 aliphatic rings. The molecule has 0 aromatic carbocycles. The van der Waals surface area contributed by atoms with Crippen molar-refractivity contribution < 1.29 is 0 Å². The van der Waals surface area contributed by atoms with E-state index in [1.54, 1.807) is 15.3 Å². The summed E-state index contributed by atoms with van der Waals surface area (Å²) in [5.41, 5.74) is 1.40. The first-order valence-electron chi connectivity index (χ1n) is 6.35. The van der Waals surface area contributed by atoms with Crippen molar-refractivity contribution in [2.24, 2.45) is 0 Å². The van der Waals surface area contributed by atoms with Gasteiger partial charge < -0.3 is 4.57 Å². The second-order valence-electron chi connectivity index (χ2n) is 4.89. The van der Waals surface area contributed by atoms with Gasteiger partial charge in [-0.3, -0.25) is 4.79 Å². The lowest BCUT2D eigenvalue weighted by Crippen LogP contribution is -2.23. The van der Waals surface area contributed by atoms with Gasteiger partial charge in [0.15, 0.2) is 0 Å². The van der Waals surface area contributed by atoms with E-state index in [1.807, 2.05) is 33.1 Å². The Hall–Kier alpha value is -1.89. The number of thioether (sulfide) groups is 1. The third-order valence-corrected chi connectivity index (χ3v) is 3.80. The summed E-state index contributed by atoms with van der Waals surface area (Å²) in [4.78, 5) is 21.3. The first-order valence-corrected chi connectivity index (χ1v) is 7.57. The van der Waals surface area contributed by atoms with E-state index < -0.39 is 0 Å². The van der Waals surface area contributed by atoms with Gasteiger partial charge in [-0.15, -0.1) is 5.10 Å². The van der Waals surface area contributed by atoms with E-state index in [2.05, 4.69) is 15.1 Å². The van der Waals surface area contributed by atoms with Crippen LogP contribution in [0, 0.1) is 6.92 Å². The largest absolute Gasteiger partial charge is 0.312 e. The van der Waals surface area contributed by atoms with Crippen LogP contribution in [0.15, 0.2) is 22.2 Å². The standard InChI is InChI=1S/C13H15N5OS/c1-7(2)17-6-5-9-10(11(17)19)8(3)14-12-15-13(20-4)16-18(9)12/h5-7H,1-4H3. The van der Waals surface area contributed by atoms with Crippen molar-refractivity contribution in [1.82, 2.24) is 24.1 Å². The predicted molar refractivity (Wildman–Crippen MR) is 79.5 cm³/mol. The Morgan fingerprint density at radius 2 is 2.05 bits per heavy atom. The van der Waals surface area contributed by atoms with E-state index >= 15 is 0 Å². The molecule has 0 unspecified atom stereocenters. The van der Waals surface area contributed by atoms with Crippen molar-refractivity contribution >= 4 is 28.4 Å². The molecular weight excluding hydrogens is 274 g/mol. The summed E-state index contributed by atoms with van der Waals surface area (Å²) >= 11 is 1.45. The first kappa shape index (κ1) is 13.1. The van der Waals surface area contributed by atoms with E-state index in [1.165, 1.54) is 11.8 Å². The van der Waals surface area contributed by atoms with Crippen LogP contribution in [-0.4, -0.2) is 30.4 Å². The van der Waals surface area contributed by atoms with Crippen molar-refractivity contribution in [3.05, 3.63) is 28.3 Å². The summed E-state index contributed by atoms with van der Waals surface area (Å²) in [6, 6.07) is 2.01. The van der Waals surface area contributed by atoms with Crippen molar-refractivity contribution in [3.8, 4) is 0 Å². The Morgan fingerprint density at radius 1 is 1.30 bits per heavy atom. The molecule has 0 spiro atoms. The highest BCUT2D eigenvalue weighted by Crippen LogP contribution is 2.18. The summed E-state index contributed by atoms with van der Waals surface area (Å²) in [6.45, 7) is 5.80. The minimum absolute atomic E-state index is 0.0365. The van der Waals surface area contributed by atoms with Gasteiger partial charge in [-0.05, 0) is 33.1 Å². The molecule has 3 aromatic rings. The van der Waals surface area contributed by atoms with Crippen LogP contribution >= 0.6 is 11.8 Å². The zero-order valence-corrected chi connectivity index (χ0v) is 12.6. The molecule has 0 aliphatic carbocycles. The average molecular weight is 289 g/mol. The fraction of sp³-hybridized carbons (Fsp3) is 0.385. The van der Waals surface area contributed by atoms with Gasteiger partial charge >= 0.3 is 0 Å². The smallest absolute Gasteiger partial charge is 0.262 e. The van der Waals surface area contributed by atoms with Crippen LogP contribution in [0.5, 0.6) is 0 Å². The molecular formula is C13H15N5OS. The van der Waals surface area contributed by atoms with Crippen molar-refractivity contribution in [2.45, 2.75) is 32.0 Å². The average Bonchev–Trinajstić information content (AvgIpc) is 2.81. The lowest BCUT2D eigenvalue weighted by atomic mass is 10.2. The molecule has 6 nitrogen and oxygen atoms in total. The van der Waals surface area contributed by atoms with Crippen LogP contribution in [-0.2, 0) is 0 Å². The highest BCUT2D eigenvalue weighted by Gasteiger charge is 2.14. The third-order valence-electron chi connectivity index (χ3n) is 3.26. The number of hydrogen-bond donors (Lipinski definition) is 0. The molecule has 0 saturated carbocycles. The number of aryl methyl sites for hydroxylation is 1. The Balaban J connectivity index is 2.48. The number of fused-ring (bicyclic) bond motifs is 3. The number of aromatic nitrogens is 5. The molecule has 3 heterocycles. The van der Waals surface area contributed by atoms with Gasteiger partial charge in [0.1, 0.15) is 0 Å². The zero-order valence-electron chi connectivity index (χ0n) is 11.8. The van der Waals surface area contributed by atoms with Crippen molar-refractivity contribution in [1.29, 1.82) is 0 Å². The van der Waals surface area contributed by atoms with Crippen LogP contribution < -0.4 is 5.56 Å². The highest BCUT2D eigenvalue weighted by molar-refractivity contribution is 7.98. The van der Waals surface area contributed by atoms with Gasteiger partial charge in [0.2, 0.25) is 5.16 Å². The number of nitrogens with zero attached hydrogens (tertiary/aromatic N) is 5. The maximum atomic E-state index is 12.6. The Kier molecular flexibility index (Phi) is 3.01. The van der Waals surface area contributed by atoms with Crippen LogP contribution in [0.25, 0.3) is 16.7 Å². The fourth-order valence-electron chi connectivity index (χ4n) is 2.28. The summed E-state index contributed by atoms with van der Waals surface area (Å²) in [6.07, 6.45) is 3.71. The molecule has 3 aromatic heterocycles. The molecule has 3 rings (SSSR count). The molecule has 0 atom stereocenters. The molecule has 0 bridgehead atoms. The highest BCUT2D eigenvalue weighted by atomic mass is 32.2. The second-order valence-corrected chi connectivity index (χ2v) is 5.66. The second kappa shape index (κ2) is 4.59. The van der Waals surface area contributed by atoms with Crippen LogP contribution in [0.3, 0.4) is 0 Å². The molecule has 0 radical (unpaired) electrons. The predicted octanol–water partition coefficient (Wildman–Crippen LogP) is 2.05. The van der Waals surface area contributed by atoms with E-state index in [0.717, 1.165) is 5.52 Å². The molecule has 0 fully saturated rings. The zero-order chi connectivity index (χ0) is 14.4. The minimum Gasteiger partial charge on any atom is -0.312 e. The van der Waals surface area contributed by atoms with Gasteiger partial charge in [-0.1, -0.05) is 11.8 Å². The van der Waals surface area contributed by atoms with E-state index in [-0.39, 0.29) is 11.6 Å². The summed E-state index contributed by atoms with van der Waals surface area (Å²) in [5, 5.41) is 5.63. The van der Waals surface area contributed by atoms with Crippen molar-refractivity contribution in [3.63, 3.8) is 0 Å². The topological polar surface area (TPSA) is 65.1 Å². The van der Waals surface area contributed by atoms with Gasteiger partial charge in [0, 0.05) is 12.2 Å². The first-order chi connectivity index (χ1) is 9.52. The summed E-state index contributed by atoms with van der Waals surface area (Å²) < 4.78 is 3.34. The molecule has 0 saturated heterocycles. The van der Waals surface area contributed by atoms with Gasteiger partial charge in [-0.25, -0.2) is 4.98 Å². The lowest BCUT2D eigenvalue weighted by Gasteiger charge is -2.11. The maximum Gasteiger partial charge on any atom is 0.262 e. The van der Waals surface area contributed by atoms with Gasteiger partial charge in [0.25, 0.3) is 11.3 Å². The quantitative estimate of drug-likeness (QED) is 0.676. The minimum atomic E-state index is -0.0365. The van der Waals surface area contributed by atoms with Gasteiger partial charge in [-0.2, -0.15) is 9.50 Å². The molecule has 0 aliphatic heterocycles. The van der Waals surface area contributed by atoms with Gasteiger partial charge in [0.05, 0.1) is 16.6 Å². The summed E-state index contributed by atoms with van der Waals surface area (Å²) in [7, 11) is 0. The third kappa shape index (κ3) is 1.81. The molecule has 0 N–H and O–H groups in total. The molecule has 0 amide bonds. The monoisotopic (exact) mass is 289 g/mol. The SMILES string of the molecule is CSc1nc2nc(C)c3c(=O)n(C(C)C)ccc3n2n1. The number of rotatable bonds is 2. The maximum absolute atomic E-state index is 12.6. The normalized spacial score (nSPS) is 11.8. The fourth-order valence-corrected chi connectivity index (χ4v) is 2.61. The Labute approximate surface area is 119 Å². The van der Waals surface area contributed by atoms with Crippen LogP contribution in [0.4, 0.5) is 0 Å². The van der Waals surface area contributed by atoms with E-state index in [9.17, 15) is 4.79 Å². The molecule has 20 heavy (non-hydrogen) atoms. The molecule has 7 heteroatoms. The Bertz CT molecular complexity index is 864. The number of hydrogen-bond acceptors (Lipinski definition) is 5. The lowest BCUT2D eigenvalue weighted by molar-refractivity contribution is 0.582. The van der Waals surface area contributed by atoms with Crippen LogP contribution in [0.1, 0.15) is 25.6 Å². The summed E-state index contributed by atoms with van der Waals surface area (Å²) in [5.74, 6) is 0.529. The molecule has 104 valence electrons. The Morgan fingerprint density at radius 3 is 2.70 bits per heavy atom. The van der Waals surface area contributed by atoms with Crippen LogP contribution in [0.2, 0.25) is 0 Å². The van der Waals surface area contributed by atoms with E-state index in [0.29, 0.717) is 22.0 Å². The van der Waals surface area contributed by atoms with Crippen molar-refractivity contribution in [2.75, 3.05) is 6.26 Å². The van der Waals surface area contributed by atoms with E-state index in [4.69, 9.17) is 0 Å².